The fraction of sp³-hybridized carbons (Fsp3) is 1.00. The lowest BCUT2D eigenvalue weighted by Gasteiger charge is -2.12. The Morgan fingerprint density at radius 2 is 0.824 bits per heavy atom. The van der Waals surface area contributed by atoms with Crippen molar-refractivity contribution in [3.8, 4) is 0 Å². The van der Waals surface area contributed by atoms with Gasteiger partial charge in [0, 0.05) is 0 Å². The van der Waals surface area contributed by atoms with Crippen molar-refractivity contribution in [2.24, 2.45) is 58.2 Å². The molecule has 318 valence electrons. The first-order valence-electron chi connectivity index (χ1n) is 23.4. The molecule has 0 aromatic rings. The highest BCUT2D eigenvalue weighted by Crippen LogP contribution is 2.43. The molecule has 0 bridgehead atoms. The average molecular weight is 727 g/mol. The van der Waals surface area contributed by atoms with Crippen LogP contribution in [0.25, 0.3) is 0 Å². The van der Waals surface area contributed by atoms with Gasteiger partial charge in [0.05, 0.1) is 0 Å². The summed E-state index contributed by atoms with van der Waals surface area (Å²) >= 11 is 0. The second kappa shape index (κ2) is 42.7. The largest absolute Gasteiger partial charge is 0.0654 e. The van der Waals surface area contributed by atoms with E-state index in [1.807, 2.05) is 0 Å². The Kier molecular flexibility index (Phi) is 52.8. The topological polar surface area (TPSA) is 0 Å². The maximum absolute atomic E-state index is 2.30. The molecule has 2 atom stereocenters. The summed E-state index contributed by atoms with van der Waals surface area (Å²) in [5.41, 5.74) is 1.29. The van der Waals surface area contributed by atoms with Gasteiger partial charge in [-0.25, -0.2) is 0 Å². The first-order valence-corrected chi connectivity index (χ1v) is 23.4. The van der Waals surface area contributed by atoms with Gasteiger partial charge >= 0.3 is 0 Å². The monoisotopic (exact) mass is 727 g/mol. The molecule has 0 spiro atoms. The van der Waals surface area contributed by atoms with Gasteiger partial charge in [-0.05, 0) is 77.4 Å². The van der Waals surface area contributed by atoms with Crippen LogP contribution in [0.2, 0.25) is 0 Å². The first-order chi connectivity index (χ1) is 23.4. The van der Waals surface area contributed by atoms with Crippen molar-refractivity contribution in [3.05, 3.63) is 0 Å². The summed E-state index contributed by atoms with van der Waals surface area (Å²) in [7, 11) is 0. The summed E-state index contributed by atoms with van der Waals surface area (Å²) in [6.07, 6.45) is 23.7. The molecule has 3 aliphatic carbocycles. The number of unbranched alkanes of at least 4 members (excludes halogenated alkanes) is 3. The van der Waals surface area contributed by atoms with Gasteiger partial charge < -0.3 is 0 Å². The molecule has 3 aliphatic rings. The van der Waals surface area contributed by atoms with Crippen LogP contribution in [0.15, 0.2) is 0 Å². The summed E-state index contributed by atoms with van der Waals surface area (Å²) < 4.78 is 0. The third-order valence-corrected chi connectivity index (χ3v) is 10.5. The summed E-state index contributed by atoms with van der Waals surface area (Å²) in [4.78, 5) is 0. The van der Waals surface area contributed by atoms with E-state index in [-0.39, 0.29) is 0 Å². The normalized spacial score (nSPS) is 17.4. The lowest BCUT2D eigenvalue weighted by molar-refractivity contribution is 0.398. The molecule has 0 N–H and O–H groups in total. The van der Waals surface area contributed by atoms with E-state index in [4.69, 9.17) is 0 Å². The van der Waals surface area contributed by atoms with Gasteiger partial charge in [0.2, 0.25) is 0 Å². The summed E-state index contributed by atoms with van der Waals surface area (Å²) in [6.45, 7) is 54.0. The molecule has 0 aromatic heterocycles. The number of hydrogen-bond donors (Lipinski definition) is 0. The van der Waals surface area contributed by atoms with Gasteiger partial charge in [0.1, 0.15) is 0 Å². The zero-order valence-corrected chi connectivity index (χ0v) is 41.6. The van der Waals surface area contributed by atoms with Crippen LogP contribution in [0.4, 0.5) is 0 Å². The van der Waals surface area contributed by atoms with Gasteiger partial charge in [-0.3, -0.25) is 0 Å². The molecule has 0 aliphatic heterocycles. The Hall–Kier alpha value is 0. The summed E-state index contributed by atoms with van der Waals surface area (Å²) in [5, 5.41) is 0. The molecule has 0 nitrogen and oxygen atoms in total. The van der Waals surface area contributed by atoms with E-state index in [2.05, 4.69) is 166 Å². The lowest BCUT2D eigenvalue weighted by Crippen LogP contribution is -2.00. The minimum atomic E-state index is 0.542. The van der Waals surface area contributed by atoms with Gasteiger partial charge in [-0.2, -0.15) is 0 Å². The molecular formula is C51H114. The first kappa shape index (κ1) is 63.0. The predicted octanol–water partition coefficient (Wildman–Crippen LogP) is 19.9. The molecule has 0 amide bonds. The van der Waals surface area contributed by atoms with E-state index in [1.54, 1.807) is 0 Å². The number of hydrogen-bond acceptors (Lipinski definition) is 0. The average Bonchev–Trinajstić information content (AvgIpc) is 3.99. The molecule has 3 fully saturated rings. The van der Waals surface area contributed by atoms with Gasteiger partial charge in [-0.15, -0.1) is 0 Å². The van der Waals surface area contributed by atoms with E-state index in [0.29, 0.717) is 5.41 Å². The Morgan fingerprint density at radius 1 is 0.549 bits per heavy atom. The van der Waals surface area contributed by atoms with Crippen molar-refractivity contribution in [1.82, 2.24) is 0 Å². The van der Waals surface area contributed by atoms with Crippen molar-refractivity contribution in [2.45, 2.75) is 275 Å². The third kappa shape index (κ3) is 88.9. The molecule has 3 saturated carbocycles. The van der Waals surface area contributed by atoms with E-state index in [9.17, 15) is 0 Å². The molecule has 3 rings (SSSR count). The van der Waals surface area contributed by atoms with Crippen molar-refractivity contribution < 1.29 is 0 Å². The van der Waals surface area contributed by atoms with Crippen LogP contribution in [-0.4, -0.2) is 0 Å². The van der Waals surface area contributed by atoms with Crippen LogP contribution in [0, 0.1) is 58.2 Å². The van der Waals surface area contributed by atoms with Crippen molar-refractivity contribution in [1.29, 1.82) is 0 Å². The molecule has 0 heterocycles. The Labute approximate surface area is 332 Å². The Balaban J connectivity index is -0.000000112. The van der Waals surface area contributed by atoms with Crippen LogP contribution in [0.3, 0.4) is 0 Å². The highest BCUT2D eigenvalue weighted by atomic mass is 14.4. The molecule has 0 aromatic carbocycles. The fourth-order valence-electron chi connectivity index (χ4n) is 3.23. The second-order valence-electron chi connectivity index (χ2n) is 20.1. The van der Waals surface area contributed by atoms with Crippen molar-refractivity contribution in [3.63, 3.8) is 0 Å². The quantitative estimate of drug-likeness (QED) is 0.186. The zero-order valence-electron chi connectivity index (χ0n) is 41.6. The van der Waals surface area contributed by atoms with E-state index in [1.165, 1.54) is 109 Å². The maximum atomic E-state index is 2.30. The molecule has 51 heavy (non-hydrogen) atoms. The summed E-state index contributed by atoms with van der Waals surface area (Å²) in [5.74, 6) is 7.67. The smallest absolute Gasteiger partial charge is 0.0354 e. The fourth-order valence-corrected chi connectivity index (χ4v) is 3.23. The Morgan fingerprint density at radius 3 is 0.843 bits per heavy atom. The minimum absolute atomic E-state index is 0.542. The lowest BCUT2D eigenvalue weighted by atomic mass is 9.94. The van der Waals surface area contributed by atoms with Crippen molar-refractivity contribution in [2.75, 3.05) is 0 Å². The molecular weight excluding hydrogens is 613 g/mol. The summed E-state index contributed by atoms with van der Waals surface area (Å²) in [6, 6.07) is 0. The number of rotatable bonds is 11. The van der Waals surface area contributed by atoms with Crippen LogP contribution >= 0.6 is 0 Å². The van der Waals surface area contributed by atoms with Crippen molar-refractivity contribution >= 4 is 0 Å². The zero-order chi connectivity index (χ0) is 41.6. The van der Waals surface area contributed by atoms with Gasteiger partial charge in [-0.1, -0.05) is 256 Å². The van der Waals surface area contributed by atoms with E-state index in [0.717, 1.165) is 52.8 Å². The predicted molar refractivity (Wildman–Crippen MR) is 247 cm³/mol. The van der Waals surface area contributed by atoms with Crippen LogP contribution in [0.5, 0.6) is 0 Å². The van der Waals surface area contributed by atoms with Gasteiger partial charge in [0.25, 0.3) is 0 Å². The van der Waals surface area contributed by atoms with Crippen LogP contribution in [0.1, 0.15) is 275 Å². The highest BCUT2D eigenvalue weighted by molar-refractivity contribution is 4.82. The minimum Gasteiger partial charge on any atom is -0.0654 e. The highest BCUT2D eigenvalue weighted by Gasteiger charge is 2.30. The van der Waals surface area contributed by atoms with E-state index >= 15 is 0 Å². The maximum Gasteiger partial charge on any atom is -0.0354 e. The molecule has 0 heteroatoms. The molecule has 0 saturated heterocycles. The third-order valence-electron chi connectivity index (χ3n) is 10.5. The van der Waals surface area contributed by atoms with E-state index < -0.39 is 0 Å². The van der Waals surface area contributed by atoms with Crippen LogP contribution < -0.4 is 0 Å². The van der Waals surface area contributed by atoms with Crippen LogP contribution in [-0.2, 0) is 0 Å². The van der Waals surface area contributed by atoms with Gasteiger partial charge in [0.15, 0.2) is 0 Å². The Bertz CT molecular complexity index is 546. The molecule has 0 radical (unpaired) electrons. The SMILES string of the molecule is CC(C)C(C)C.CC1(C)CC1.CC1CC1C.CCC(C)(C)C.CCC(C)CC.CCC1CC1.CCCC(C)C.CCCC(C)C.CCCCCC. The standard InChI is InChI=1S/6C6H14.3C5H10/c1-5-6(2,3)4;1-5(2)6(3)4;2*1-4-5-6(2)3;1-4-6(3)5-2;1-3-5-6-4-2;1-5(2)3-4-5;1-4-3-5(4)2;1-2-5-3-4-5/h5H2,1-4H3;5-6H,1-4H3;3*6H,4-5H2,1-3H3;3-6H2,1-2H3;3-4H2,1-2H3;4-5H,3H2,1-2H3;5H,2-4H2,1H3. The molecule has 2 unspecified atom stereocenters. The second-order valence-corrected chi connectivity index (χ2v) is 20.1.